The number of benzene rings is 2. The molecule has 4 aromatic rings. The lowest BCUT2D eigenvalue weighted by Crippen LogP contribution is -2.38. The van der Waals surface area contributed by atoms with Crippen molar-refractivity contribution in [3.8, 4) is 11.1 Å². The molecule has 0 bridgehead atoms. The number of rotatable bonds is 5. The highest BCUT2D eigenvalue weighted by Gasteiger charge is 2.37. The van der Waals surface area contributed by atoms with E-state index in [1.165, 1.54) is 0 Å². The van der Waals surface area contributed by atoms with Gasteiger partial charge in [0, 0.05) is 0 Å². The Kier molecular flexibility index (Phi) is 5.72. The number of anilines is 1. The standard InChI is InChI=1S/C21H15ClF5N5/c1-12(13-6-3-2-4-7-13)31(10-21(25,26)27)19-17(16-14(23)8-5-9-15(16)24)18(22)30-20-28-11-29-32(19)20/h2-9,11-12H,10H2,1H3. The first-order valence-corrected chi connectivity index (χ1v) is 9.77. The molecule has 2 heterocycles. The zero-order chi connectivity index (χ0) is 23.0. The molecule has 0 aliphatic carbocycles. The SMILES string of the molecule is CC(c1ccccc1)N(CC(F)(F)F)c1c(-c2c(F)cccc2F)c(Cl)nc2ncnn12. The van der Waals surface area contributed by atoms with E-state index in [0.717, 1.165) is 33.9 Å². The van der Waals surface area contributed by atoms with Crippen LogP contribution in [-0.4, -0.2) is 32.3 Å². The van der Waals surface area contributed by atoms with Crippen molar-refractivity contribution in [2.75, 3.05) is 11.4 Å². The molecule has 0 N–H and O–H groups in total. The number of aromatic nitrogens is 4. The second-order valence-electron chi connectivity index (χ2n) is 7.00. The van der Waals surface area contributed by atoms with Crippen molar-refractivity contribution in [1.82, 2.24) is 19.6 Å². The van der Waals surface area contributed by atoms with Gasteiger partial charge < -0.3 is 4.90 Å². The van der Waals surface area contributed by atoms with Crippen molar-refractivity contribution in [3.05, 3.63) is 77.2 Å². The van der Waals surface area contributed by atoms with Crippen LogP contribution in [0.1, 0.15) is 18.5 Å². The van der Waals surface area contributed by atoms with Crippen molar-refractivity contribution in [3.63, 3.8) is 0 Å². The number of hydrogen-bond acceptors (Lipinski definition) is 4. The van der Waals surface area contributed by atoms with Gasteiger partial charge in [-0.2, -0.15) is 32.8 Å². The van der Waals surface area contributed by atoms with Crippen molar-refractivity contribution >= 4 is 23.2 Å². The summed E-state index contributed by atoms with van der Waals surface area (Å²) in [5, 5.41) is 3.56. The largest absolute Gasteiger partial charge is 0.405 e. The molecule has 0 saturated heterocycles. The summed E-state index contributed by atoms with van der Waals surface area (Å²) in [4.78, 5) is 8.81. The maximum atomic E-state index is 14.7. The van der Waals surface area contributed by atoms with Gasteiger partial charge in [0.2, 0.25) is 0 Å². The summed E-state index contributed by atoms with van der Waals surface area (Å²) in [6, 6.07) is 10.6. The normalized spacial score (nSPS) is 12.8. The maximum absolute atomic E-state index is 14.7. The third-order valence-electron chi connectivity index (χ3n) is 4.94. The van der Waals surface area contributed by atoms with Gasteiger partial charge in [0.05, 0.1) is 17.2 Å². The predicted molar refractivity (Wildman–Crippen MR) is 109 cm³/mol. The summed E-state index contributed by atoms with van der Waals surface area (Å²) in [5.74, 6) is -2.41. The molecule has 1 atom stereocenters. The average Bonchev–Trinajstić information content (AvgIpc) is 3.19. The van der Waals surface area contributed by atoms with Gasteiger partial charge in [-0.15, -0.1) is 0 Å². The fourth-order valence-corrected chi connectivity index (χ4v) is 3.77. The molecule has 11 heteroatoms. The van der Waals surface area contributed by atoms with Gasteiger partial charge >= 0.3 is 6.18 Å². The van der Waals surface area contributed by atoms with Crippen LogP contribution >= 0.6 is 11.6 Å². The van der Waals surface area contributed by atoms with Gasteiger partial charge in [0.25, 0.3) is 5.78 Å². The minimum absolute atomic E-state index is 0.113. The fraction of sp³-hybridized carbons (Fsp3) is 0.190. The molecule has 0 fully saturated rings. The third-order valence-corrected chi connectivity index (χ3v) is 5.22. The molecule has 0 spiro atoms. The van der Waals surface area contributed by atoms with Crippen molar-refractivity contribution in [2.45, 2.75) is 19.1 Å². The molecule has 2 aromatic heterocycles. The van der Waals surface area contributed by atoms with E-state index >= 15 is 0 Å². The number of hydrogen-bond donors (Lipinski definition) is 0. The lowest BCUT2D eigenvalue weighted by molar-refractivity contribution is -0.120. The highest BCUT2D eigenvalue weighted by molar-refractivity contribution is 6.33. The Morgan fingerprint density at radius 3 is 2.28 bits per heavy atom. The van der Waals surface area contributed by atoms with E-state index in [2.05, 4.69) is 15.1 Å². The Labute approximate surface area is 184 Å². The van der Waals surface area contributed by atoms with Gasteiger partial charge in [0.1, 0.15) is 35.5 Å². The van der Waals surface area contributed by atoms with Gasteiger partial charge in [-0.05, 0) is 24.6 Å². The first-order valence-electron chi connectivity index (χ1n) is 9.39. The molecular weight excluding hydrogens is 453 g/mol. The Morgan fingerprint density at radius 2 is 1.66 bits per heavy atom. The molecule has 4 rings (SSSR count). The van der Waals surface area contributed by atoms with Crippen LogP contribution in [0.3, 0.4) is 0 Å². The molecule has 2 aromatic carbocycles. The summed E-state index contributed by atoms with van der Waals surface area (Å²) in [6.45, 7) is 0.0983. The topological polar surface area (TPSA) is 46.3 Å². The van der Waals surface area contributed by atoms with E-state index < -0.39 is 41.1 Å². The molecular formula is C21H15ClF5N5. The number of nitrogens with zero attached hydrogens (tertiary/aromatic N) is 5. The lowest BCUT2D eigenvalue weighted by Gasteiger charge is -2.34. The first-order chi connectivity index (χ1) is 15.2. The minimum atomic E-state index is -4.66. The van der Waals surface area contributed by atoms with Crippen molar-refractivity contribution in [1.29, 1.82) is 0 Å². The second kappa shape index (κ2) is 8.34. The molecule has 5 nitrogen and oxygen atoms in total. The van der Waals surface area contributed by atoms with Gasteiger partial charge in [0.15, 0.2) is 0 Å². The molecule has 0 aliphatic rings. The van der Waals surface area contributed by atoms with E-state index in [1.54, 1.807) is 37.3 Å². The Balaban J connectivity index is 2.06. The number of fused-ring (bicyclic) bond motifs is 1. The second-order valence-corrected chi connectivity index (χ2v) is 7.36. The highest BCUT2D eigenvalue weighted by Crippen LogP contribution is 2.42. The van der Waals surface area contributed by atoms with E-state index in [0.29, 0.717) is 5.56 Å². The molecule has 0 saturated carbocycles. The van der Waals surface area contributed by atoms with Crippen LogP contribution in [0.5, 0.6) is 0 Å². The van der Waals surface area contributed by atoms with E-state index in [9.17, 15) is 22.0 Å². The lowest BCUT2D eigenvalue weighted by atomic mass is 10.0. The monoisotopic (exact) mass is 467 g/mol. The van der Waals surface area contributed by atoms with Crippen LogP contribution in [0, 0.1) is 11.6 Å². The number of alkyl halides is 3. The van der Waals surface area contributed by atoms with Crippen molar-refractivity contribution < 1.29 is 22.0 Å². The van der Waals surface area contributed by atoms with Crippen LogP contribution < -0.4 is 4.90 Å². The average molecular weight is 468 g/mol. The Hall–Kier alpha value is -3.27. The molecule has 166 valence electrons. The van der Waals surface area contributed by atoms with E-state index in [-0.39, 0.29) is 17.2 Å². The highest BCUT2D eigenvalue weighted by atomic mass is 35.5. The predicted octanol–water partition coefficient (Wildman–Crippen LogP) is 5.85. The van der Waals surface area contributed by atoms with Crippen LogP contribution in [0.25, 0.3) is 16.9 Å². The minimum Gasteiger partial charge on any atom is -0.340 e. The van der Waals surface area contributed by atoms with E-state index in [4.69, 9.17) is 11.6 Å². The molecule has 32 heavy (non-hydrogen) atoms. The van der Waals surface area contributed by atoms with Crippen LogP contribution in [-0.2, 0) is 0 Å². The van der Waals surface area contributed by atoms with Gasteiger partial charge in [-0.25, -0.2) is 8.78 Å². The van der Waals surface area contributed by atoms with Crippen molar-refractivity contribution in [2.24, 2.45) is 0 Å². The summed E-state index contributed by atoms with van der Waals surface area (Å²) in [5.41, 5.74) is -0.421. The van der Waals surface area contributed by atoms with Crippen LogP contribution in [0.4, 0.5) is 27.8 Å². The molecule has 1 unspecified atom stereocenters. The molecule has 0 aliphatic heterocycles. The maximum Gasteiger partial charge on any atom is 0.405 e. The Bertz CT molecular complexity index is 1240. The molecule has 0 radical (unpaired) electrons. The number of halogens is 6. The van der Waals surface area contributed by atoms with Gasteiger partial charge in [-0.1, -0.05) is 48.0 Å². The fourth-order valence-electron chi connectivity index (χ4n) is 3.52. The summed E-state index contributed by atoms with van der Waals surface area (Å²) >= 11 is 6.28. The molecule has 0 amide bonds. The Morgan fingerprint density at radius 1 is 1.00 bits per heavy atom. The first kappa shape index (κ1) is 21.9. The zero-order valence-corrected chi connectivity index (χ0v) is 17.2. The van der Waals surface area contributed by atoms with Crippen LogP contribution in [0.2, 0.25) is 5.15 Å². The quantitative estimate of drug-likeness (QED) is 0.273. The van der Waals surface area contributed by atoms with E-state index in [1.807, 2.05) is 0 Å². The van der Waals surface area contributed by atoms with Crippen LogP contribution in [0.15, 0.2) is 54.9 Å². The van der Waals surface area contributed by atoms with Gasteiger partial charge in [-0.3, -0.25) is 0 Å². The summed E-state index contributed by atoms with van der Waals surface area (Å²) < 4.78 is 71.6. The summed E-state index contributed by atoms with van der Waals surface area (Å²) in [7, 11) is 0. The third kappa shape index (κ3) is 4.10. The zero-order valence-electron chi connectivity index (χ0n) is 16.5. The smallest absolute Gasteiger partial charge is 0.340 e. The summed E-state index contributed by atoms with van der Waals surface area (Å²) in [6.07, 6.45) is -3.58.